The summed E-state index contributed by atoms with van der Waals surface area (Å²) in [5, 5.41) is 38.4. The van der Waals surface area contributed by atoms with Crippen LogP contribution in [0.2, 0.25) is 0 Å². The van der Waals surface area contributed by atoms with Crippen molar-refractivity contribution in [3.8, 4) is 18.2 Å². The highest BCUT2D eigenvalue weighted by atomic mass is 19.3. The Kier molecular flexibility index (Phi) is 7.13. The Bertz CT molecular complexity index is 1650. The van der Waals surface area contributed by atoms with Crippen molar-refractivity contribution < 1.29 is 8.78 Å². The molecular formula is C30H29F2N9. The van der Waals surface area contributed by atoms with Gasteiger partial charge in [-0.3, -0.25) is 9.99 Å². The standard InChI is InChI=1S/C30H29F2N9/c1-29(2,3)17-37-26-19(13-34)14-36-25-18(12-33)10-20(11-23(25)26)38-27(21-6-4-5-7-22(21)28(31)32)24-15-41(40-39-24)30(16-35)8-9-30/h4-7,10-11,14-15,27-28,38-40H,8-9,17H2,1-3H3,(H,36,37)/t27-/m0/s1. The minimum absolute atomic E-state index is 0.0951. The second-order valence-electron chi connectivity index (χ2n) is 11.4. The van der Waals surface area contributed by atoms with Gasteiger partial charge in [0.05, 0.1) is 40.1 Å². The van der Waals surface area contributed by atoms with E-state index >= 15 is 0 Å². The number of nitrogens with one attached hydrogen (secondary N) is 4. The van der Waals surface area contributed by atoms with E-state index in [9.17, 15) is 24.6 Å². The Hall–Kier alpha value is -4.92. The Morgan fingerprint density at radius 2 is 1.78 bits per heavy atom. The third kappa shape index (κ3) is 5.43. The summed E-state index contributed by atoms with van der Waals surface area (Å²) in [4.78, 5) is 4.39. The summed E-state index contributed by atoms with van der Waals surface area (Å²) in [5.74, 6) is 0. The van der Waals surface area contributed by atoms with Gasteiger partial charge in [0.25, 0.3) is 6.43 Å². The Morgan fingerprint density at radius 1 is 1.07 bits per heavy atom. The van der Waals surface area contributed by atoms with E-state index in [2.05, 4.69) is 65.6 Å². The van der Waals surface area contributed by atoms with Gasteiger partial charge in [-0.2, -0.15) is 15.8 Å². The van der Waals surface area contributed by atoms with E-state index in [0.717, 1.165) is 0 Å². The van der Waals surface area contributed by atoms with Crippen LogP contribution in [0.4, 0.5) is 20.2 Å². The van der Waals surface area contributed by atoms with Gasteiger partial charge in [-0.05, 0) is 36.0 Å². The van der Waals surface area contributed by atoms with Gasteiger partial charge in [0.15, 0.2) is 0 Å². The lowest BCUT2D eigenvalue weighted by molar-refractivity contribution is 0.150. The first-order valence-corrected chi connectivity index (χ1v) is 13.2. The molecule has 1 aliphatic carbocycles. The molecule has 4 N–H and O–H groups in total. The molecule has 9 nitrogen and oxygen atoms in total. The molecule has 5 rings (SSSR count). The highest BCUT2D eigenvalue weighted by Crippen LogP contribution is 2.43. The highest BCUT2D eigenvalue weighted by molar-refractivity contribution is 5.99. The van der Waals surface area contributed by atoms with Gasteiger partial charge < -0.3 is 16.1 Å². The number of halogens is 2. The fraction of sp³-hybridized carbons (Fsp3) is 0.333. The number of hydrogen-bond donors (Lipinski definition) is 4. The van der Waals surface area contributed by atoms with Crippen LogP contribution >= 0.6 is 0 Å². The predicted octanol–water partition coefficient (Wildman–Crippen LogP) is 5.75. The number of rotatable bonds is 8. The summed E-state index contributed by atoms with van der Waals surface area (Å²) in [7, 11) is 0. The van der Waals surface area contributed by atoms with Crippen molar-refractivity contribution in [3.05, 3.63) is 76.7 Å². The number of benzene rings is 2. The summed E-state index contributed by atoms with van der Waals surface area (Å²) in [6, 6.07) is 15.5. The van der Waals surface area contributed by atoms with Gasteiger partial charge in [-0.15, -0.1) is 5.53 Å². The molecule has 2 heterocycles. The zero-order chi connectivity index (χ0) is 29.4. The predicted molar refractivity (Wildman–Crippen MR) is 151 cm³/mol. The maximum absolute atomic E-state index is 14.2. The van der Waals surface area contributed by atoms with E-state index in [1.807, 2.05) is 0 Å². The van der Waals surface area contributed by atoms with Crippen molar-refractivity contribution in [2.75, 3.05) is 17.2 Å². The zero-order valence-corrected chi connectivity index (χ0v) is 22.9. The van der Waals surface area contributed by atoms with Crippen molar-refractivity contribution in [2.24, 2.45) is 5.41 Å². The van der Waals surface area contributed by atoms with Gasteiger partial charge in [-0.25, -0.2) is 8.78 Å². The Morgan fingerprint density at radius 3 is 2.39 bits per heavy atom. The van der Waals surface area contributed by atoms with Crippen LogP contribution in [0.25, 0.3) is 10.9 Å². The van der Waals surface area contributed by atoms with Crippen LogP contribution < -0.4 is 21.6 Å². The minimum atomic E-state index is -2.72. The lowest BCUT2D eigenvalue weighted by atomic mass is 9.96. The monoisotopic (exact) mass is 553 g/mol. The molecule has 0 bridgehead atoms. The van der Waals surface area contributed by atoms with E-state index in [4.69, 9.17) is 0 Å². The molecule has 1 aromatic heterocycles. The third-order valence-corrected chi connectivity index (χ3v) is 7.15. The molecule has 208 valence electrons. The first-order chi connectivity index (χ1) is 19.6. The smallest absolute Gasteiger partial charge is 0.264 e. The molecule has 1 aliphatic heterocycles. The van der Waals surface area contributed by atoms with Crippen LogP contribution in [-0.2, 0) is 0 Å². The zero-order valence-electron chi connectivity index (χ0n) is 22.9. The van der Waals surface area contributed by atoms with E-state index in [1.165, 1.54) is 12.3 Å². The number of pyridine rings is 1. The van der Waals surface area contributed by atoms with E-state index < -0.39 is 18.0 Å². The molecular weight excluding hydrogens is 524 g/mol. The van der Waals surface area contributed by atoms with Crippen LogP contribution in [-0.4, -0.2) is 22.1 Å². The number of hydrazine groups is 2. The summed E-state index contributed by atoms with van der Waals surface area (Å²) in [5.41, 5.74) is 8.00. The molecule has 0 saturated heterocycles. The van der Waals surface area contributed by atoms with Crippen molar-refractivity contribution in [2.45, 2.75) is 51.6 Å². The molecule has 0 unspecified atom stereocenters. The Balaban J connectivity index is 1.63. The number of aromatic nitrogens is 1. The summed E-state index contributed by atoms with van der Waals surface area (Å²) in [6.07, 6.45) is 1.80. The molecule has 2 aromatic carbocycles. The molecule has 1 saturated carbocycles. The molecule has 11 heteroatoms. The van der Waals surface area contributed by atoms with Gasteiger partial charge >= 0.3 is 0 Å². The molecule has 1 fully saturated rings. The first kappa shape index (κ1) is 27.6. The van der Waals surface area contributed by atoms with E-state index in [0.29, 0.717) is 58.5 Å². The molecule has 2 aliphatic rings. The van der Waals surface area contributed by atoms with Crippen LogP contribution in [0.1, 0.15) is 68.3 Å². The SMILES string of the molecule is CC(C)(C)CNc1c(C#N)cnc2c(C#N)cc(N[C@H](C3=CN(C4(C#N)CC4)NN3)c3ccccc3C(F)F)cc12. The van der Waals surface area contributed by atoms with Crippen molar-refractivity contribution >= 4 is 22.3 Å². The fourth-order valence-electron chi connectivity index (χ4n) is 4.79. The van der Waals surface area contributed by atoms with Gasteiger partial charge in [0.2, 0.25) is 0 Å². The van der Waals surface area contributed by atoms with Crippen LogP contribution in [0.3, 0.4) is 0 Å². The fourth-order valence-corrected chi connectivity index (χ4v) is 4.79. The average molecular weight is 554 g/mol. The summed E-state index contributed by atoms with van der Waals surface area (Å²) >= 11 is 0. The van der Waals surface area contributed by atoms with Gasteiger partial charge in [-0.1, -0.05) is 45.0 Å². The maximum atomic E-state index is 14.2. The number of nitriles is 3. The van der Waals surface area contributed by atoms with Crippen LogP contribution in [0, 0.1) is 39.4 Å². The number of hydrogen-bond acceptors (Lipinski definition) is 9. The summed E-state index contributed by atoms with van der Waals surface area (Å²) in [6.45, 7) is 6.74. The van der Waals surface area contributed by atoms with Crippen LogP contribution in [0.5, 0.6) is 0 Å². The van der Waals surface area contributed by atoms with E-state index in [-0.39, 0.29) is 16.5 Å². The van der Waals surface area contributed by atoms with Crippen molar-refractivity contribution in [1.82, 2.24) is 21.0 Å². The molecule has 3 aromatic rings. The molecule has 0 radical (unpaired) electrons. The second kappa shape index (κ2) is 10.6. The molecule has 0 amide bonds. The summed E-state index contributed by atoms with van der Waals surface area (Å²) < 4.78 is 28.3. The van der Waals surface area contributed by atoms with E-state index in [1.54, 1.807) is 41.5 Å². The largest absolute Gasteiger partial charge is 0.383 e. The first-order valence-electron chi connectivity index (χ1n) is 13.2. The quantitative estimate of drug-likeness (QED) is 0.275. The van der Waals surface area contributed by atoms with Gasteiger partial charge in [0.1, 0.15) is 17.7 Å². The molecule has 0 spiro atoms. The van der Waals surface area contributed by atoms with Crippen LogP contribution in [0.15, 0.2) is 54.5 Å². The number of fused-ring (bicyclic) bond motifs is 1. The molecule has 1 atom stereocenters. The molecule has 41 heavy (non-hydrogen) atoms. The topological polar surface area (TPSA) is 136 Å². The minimum Gasteiger partial charge on any atom is -0.383 e. The highest BCUT2D eigenvalue weighted by Gasteiger charge is 2.50. The average Bonchev–Trinajstić information content (AvgIpc) is 3.61. The van der Waals surface area contributed by atoms with Crippen molar-refractivity contribution in [3.63, 3.8) is 0 Å². The normalized spacial score (nSPS) is 16.3. The lowest BCUT2D eigenvalue weighted by Gasteiger charge is -2.25. The number of anilines is 2. The van der Waals surface area contributed by atoms with Gasteiger partial charge in [0, 0.05) is 35.6 Å². The number of alkyl halides is 2. The second-order valence-corrected chi connectivity index (χ2v) is 11.4. The maximum Gasteiger partial charge on any atom is 0.264 e. The number of nitrogens with zero attached hydrogens (tertiary/aromatic N) is 5. The van der Waals surface area contributed by atoms with Crippen molar-refractivity contribution in [1.29, 1.82) is 15.8 Å². The Labute approximate surface area is 237 Å². The lowest BCUT2D eigenvalue weighted by Crippen LogP contribution is -2.44. The third-order valence-electron chi connectivity index (χ3n) is 7.15.